The van der Waals surface area contributed by atoms with Gasteiger partial charge in [0.25, 0.3) is 0 Å². The quantitative estimate of drug-likeness (QED) is 0.702. The summed E-state index contributed by atoms with van der Waals surface area (Å²) in [6.45, 7) is 2.56. The van der Waals surface area contributed by atoms with Gasteiger partial charge in [-0.05, 0) is 12.1 Å². The number of carbonyl (C=O) groups is 2. The Kier molecular flexibility index (Phi) is 12.2. The number of rotatable bonds is 7. The topological polar surface area (TPSA) is 83.6 Å². The molecule has 1 atom stereocenters. The number of pyridine rings is 1. The van der Waals surface area contributed by atoms with Crippen LogP contribution in [0.25, 0.3) is 0 Å². The number of hydrogen-bond donors (Lipinski definition) is 2. The molecule has 0 spiro atoms. The van der Waals surface area contributed by atoms with Crippen molar-refractivity contribution in [2.24, 2.45) is 0 Å². The summed E-state index contributed by atoms with van der Waals surface area (Å²) < 4.78 is 5.30. The average molecular weight is 393 g/mol. The maximum absolute atomic E-state index is 12.0. The maximum atomic E-state index is 12.0. The predicted octanol–water partition coefficient (Wildman–Crippen LogP) is 0.421. The van der Waals surface area contributed by atoms with Crippen molar-refractivity contribution >= 4 is 36.6 Å². The van der Waals surface area contributed by atoms with Crippen molar-refractivity contribution in [2.75, 3.05) is 39.9 Å². The van der Waals surface area contributed by atoms with Crippen molar-refractivity contribution in [1.29, 1.82) is 0 Å². The van der Waals surface area contributed by atoms with Crippen LogP contribution in [-0.4, -0.2) is 67.6 Å². The molecule has 0 aliphatic carbocycles. The zero-order valence-electron chi connectivity index (χ0n) is 14.3. The van der Waals surface area contributed by atoms with Crippen LogP contribution in [0.4, 0.5) is 0 Å². The molecule has 2 amide bonds. The lowest BCUT2D eigenvalue weighted by atomic mass is 10.2. The molecule has 2 N–H and O–H groups in total. The molecule has 1 fully saturated rings. The van der Waals surface area contributed by atoms with Gasteiger partial charge in [0.05, 0.1) is 19.8 Å². The smallest absolute Gasteiger partial charge is 0.241 e. The van der Waals surface area contributed by atoms with E-state index in [1.54, 1.807) is 18.1 Å². The first kappa shape index (κ1) is 23.6. The fourth-order valence-corrected chi connectivity index (χ4v) is 2.31. The number of ether oxygens (including phenoxy) is 1. The van der Waals surface area contributed by atoms with Gasteiger partial charge >= 0.3 is 0 Å². The molecule has 1 aromatic rings. The lowest BCUT2D eigenvalue weighted by Gasteiger charge is -2.23. The van der Waals surface area contributed by atoms with Crippen molar-refractivity contribution in [3.63, 3.8) is 0 Å². The minimum absolute atomic E-state index is 0. The number of nitrogens with zero attached hydrogens (tertiary/aromatic N) is 2. The van der Waals surface area contributed by atoms with E-state index < -0.39 is 0 Å². The molecule has 2 heterocycles. The molecule has 2 rings (SSSR count). The van der Waals surface area contributed by atoms with E-state index in [4.69, 9.17) is 4.74 Å². The molecule has 1 aliphatic heterocycles. The molecule has 1 unspecified atom stereocenters. The molecule has 1 aliphatic rings. The molecule has 9 heteroatoms. The summed E-state index contributed by atoms with van der Waals surface area (Å²) >= 11 is 0. The fraction of sp³-hybridized carbons (Fsp3) is 0.562. The monoisotopic (exact) mass is 392 g/mol. The lowest BCUT2D eigenvalue weighted by molar-refractivity contribution is -0.132. The van der Waals surface area contributed by atoms with Gasteiger partial charge in [0.15, 0.2) is 0 Å². The molecule has 142 valence electrons. The molecular formula is C16H26Cl2N4O3. The van der Waals surface area contributed by atoms with Gasteiger partial charge in [0.1, 0.15) is 0 Å². The Morgan fingerprint density at radius 1 is 1.40 bits per heavy atom. The summed E-state index contributed by atoms with van der Waals surface area (Å²) in [6, 6.07) is 5.74. The standard InChI is InChI=1S/C16H24N4O3.2ClH/c1-20(8-5-13-4-2-3-6-17-13)16(22)11-19-15(21)10-14-12-23-9-7-18-14;;/h2-4,6,14,18H,5,7-12H2,1H3,(H,19,21);2*1H. The highest BCUT2D eigenvalue weighted by molar-refractivity contribution is 5.86. The van der Waals surface area contributed by atoms with Gasteiger partial charge in [0.2, 0.25) is 11.8 Å². The average Bonchev–Trinajstić information content (AvgIpc) is 2.59. The van der Waals surface area contributed by atoms with Crippen LogP contribution >= 0.6 is 24.8 Å². The summed E-state index contributed by atoms with van der Waals surface area (Å²) in [5.41, 5.74) is 0.944. The van der Waals surface area contributed by atoms with Crippen LogP contribution in [0.15, 0.2) is 24.4 Å². The van der Waals surface area contributed by atoms with E-state index in [0.29, 0.717) is 32.6 Å². The number of halogens is 2. The van der Waals surface area contributed by atoms with Crippen LogP contribution in [0.5, 0.6) is 0 Å². The number of aromatic nitrogens is 1. The highest BCUT2D eigenvalue weighted by Gasteiger charge is 2.17. The van der Waals surface area contributed by atoms with Crippen molar-refractivity contribution in [1.82, 2.24) is 20.5 Å². The Bertz CT molecular complexity index is 513. The van der Waals surface area contributed by atoms with Crippen LogP contribution in [0.2, 0.25) is 0 Å². The van der Waals surface area contributed by atoms with Crippen LogP contribution in [0.1, 0.15) is 12.1 Å². The molecule has 0 aromatic carbocycles. The van der Waals surface area contributed by atoms with Gasteiger partial charge in [-0.15, -0.1) is 24.8 Å². The number of nitrogens with one attached hydrogen (secondary N) is 2. The minimum Gasteiger partial charge on any atom is -0.378 e. The maximum Gasteiger partial charge on any atom is 0.241 e. The van der Waals surface area contributed by atoms with E-state index in [1.807, 2.05) is 18.2 Å². The van der Waals surface area contributed by atoms with Gasteiger partial charge in [-0.3, -0.25) is 14.6 Å². The molecule has 0 bridgehead atoms. The summed E-state index contributed by atoms with van der Waals surface area (Å²) in [6.07, 6.45) is 2.76. The second kappa shape index (κ2) is 12.9. The first-order valence-corrected chi connectivity index (χ1v) is 7.87. The van der Waals surface area contributed by atoms with E-state index in [0.717, 1.165) is 12.2 Å². The zero-order valence-corrected chi connectivity index (χ0v) is 15.9. The van der Waals surface area contributed by atoms with Gasteiger partial charge in [-0.25, -0.2) is 0 Å². The van der Waals surface area contributed by atoms with E-state index in [-0.39, 0.29) is 49.2 Å². The summed E-state index contributed by atoms with van der Waals surface area (Å²) in [5, 5.41) is 5.88. The third-order valence-corrected chi connectivity index (χ3v) is 3.72. The minimum atomic E-state index is -0.139. The van der Waals surface area contributed by atoms with E-state index in [9.17, 15) is 9.59 Å². The first-order chi connectivity index (χ1) is 11.1. The van der Waals surface area contributed by atoms with E-state index >= 15 is 0 Å². The SMILES string of the molecule is CN(CCc1ccccn1)C(=O)CNC(=O)CC1COCCN1.Cl.Cl. The second-order valence-electron chi connectivity index (χ2n) is 5.59. The molecule has 25 heavy (non-hydrogen) atoms. The Morgan fingerprint density at radius 3 is 2.84 bits per heavy atom. The highest BCUT2D eigenvalue weighted by Crippen LogP contribution is 1.99. The Balaban J connectivity index is 0.00000288. The zero-order chi connectivity index (χ0) is 16.5. The van der Waals surface area contributed by atoms with Gasteiger partial charge in [-0.1, -0.05) is 6.07 Å². The van der Waals surface area contributed by atoms with E-state index in [2.05, 4.69) is 15.6 Å². The number of morpholine rings is 1. The van der Waals surface area contributed by atoms with Crippen molar-refractivity contribution in [3.8, 4) is 0 Å². The third-order valence-electron chi connectivity index (χ3n) is 3.72. The number of carbonyl (C=O) groups excluding carboxylic acids is 2. The Morgan fingerprint density at radius 2 is 2.20 bits per heavy atom. The molecular weight excluding hydrogens is 367 g/mol. The van der Waals surface area contributed by atoms with Crippen LogP contribution in [0.3, 0.4) is 0 Å². The third kappa shape index (κ3) is 9.02. The van der Waals surface area contributed by atoms with Crippen LogP contribution in [0, 0.1) is 0 Å². The van der Waals surface area contributed by atoms with E-state index in [1.165, 1.54) is 0 Å². The Hall–Kier alpha value is -1.41. The molecule has 1 aromatic heterocycles. The highest BCUT2D eigenvalue weighted by atomic mass is 35.5. The van der Waals surface area contributed by atoms with Crippen molar-refractivity contribution < 1.29 is 14.3 Å². The number of amides is 2. The lowest BCUT2D eigenvalue weighted by Crippen LogP contribution is -2.45. The predicted molar refractivity (Wildman–Crippen MR) is 100 cm³/mol. The van der Waals surface area contributed by atoms with Crippen LogP contribution < -0.4 is 10.6 Å². The summed E-state index contributed by atoms with van der Waals surface area (Å²) in [5.74, 6) is -0.249. The number of likely N-dealkylation sites (N-methyl/N-ethyl adjacent to an activating group) is 1. The molecule has 1 saturated heterocycles. The summed E-state index contributed by atoms with van der Waals surface area (Å²) in [4.78, 5) is 29.7. The van der Waals surface area contributed by atoms with Gasteiger partial charge in [-0.2, -0.15) is 0 Å². The Labute approximate surface area is 160 Å². The largest absolute Gasteiger partial charge is 0.378 e. The summed E-state index contributed by atoms with van der Waals surface area (Å²) in [7, 11) is 1.73. The van der Waals surface area contributed by atoms with Gasteiger partial charge in [0, 0.05) is 50.9 Å². The molecule has 7 nitrogen and oxygen atoms in total. The van der Waals surface area contributed by atoms with Crippen LogP contribution in [-0.2, 0) is 20.7 Å². The fourth-order valence-electron chi connectivity index (χ4n) is 2.31. The first-order valence-electron chi connectivity index (χ1n) is 7.87. The second-order valence-corrected chi connectivity index (χ2v) is 5.59. The normalized spacial score (nSPS) is 16.1. The van der Waals surface area contributed by atoms with Crippen molar-refractivity contribution in [3.05, 3.63) is 30.1 Å². The van der Waals surface area contributed by atoms with Crippen molar-refractivity contribution in [2.45, 2.75) is 18.9 Å². The molecule has 0 radical (unpaired) electrons. The number of hydrogen-bond acceptors (Lipinski definition) is 5. The van der Waals surface area contributed by atoms with Gasteiger partial charge < -0.3 is 20.3 Å². The molecule has 0 saturated carbocycles.